The van der Waals surface area contributed by atoms with E-state index in [1.165, 1.54) is 12.3 Å². The Morgan fingerprint density at radius 3 is 2.79 bits per heavy atom. The number of nitrogens with zero attached hydrogens (tertiary/aromatic N) is 2. The summed E-state index contributed by atoms with van der Waals surface area (Å²) in [6.07, 6.45) is 2.30. The van der Waals surface area contributed by atoms with Gasteiger partial charge in [0, 0.05) is 34.7 Å². The smallest absolute Gasteiger partial charge is 0.276 e. The molecule has 0 unspecified atom stereocenters. The maximum Gasteiger partial charge on any atom is 0.276 e. The maximum absolute atomic E-state index is 13.0. The first kappa shape index (κ1) is 18.2. The second-order valence-corrected chi connectivity index (χ2v) is 7.12. The summed E-state index contributed by atoms with van der Waals surface area (Å²) in [6, 6.07) is 16.2. The van der Waals surface area contributed by atoms with Crippen molar-refractivity contribution < 1.29 is 9.59 Å². The van der Waals surface area contributed by atoms with Crippen LogP contribution in [0.25, 0.3) is 0 Å². The molecule has 1 aliphatic heterocycles. The Morgan fingerprint density at radius 2 is 1.93 bits per heavy atom. The van der Waals surface area contributed by atoms with Gasteiger partial charge in [-0.3, -0.25) is 14.6 Å². The normalized spacial score (nSPS) is 12.6. The molecule has 0 spiro atoms. The molecule has 4 rings (SSSR count). The molecule has 2 heterocycles. The number of hydrogen-bond acceptors (Lipinski definition) is 3. The third-order valence-corrected chi connectivity index (χ3v) is 5.06. The minimum atomic E-state index is -0.316. The topological polar surface area (TPSA) is 62.3 Å². The Balaban J connectivity index is 1.57. The highest BCUT2D eigenvalue weighted by Gasteiger charge is 2.26. The number of nitrogens with one attached hydrogen (secondary N) is 1. The number of fused-ring (bicyclic) bond motifs is 1. The molecule has 0 saturated carbocycles. The number of hydrogen-bond donors (Lipinski definition) is 1. The first-order valence-corrected chi connectivity index (χ1v) is 9.34. The molecule has 0 atom stereocenters. The summed E-state index contributed by atoms with van der Waals surface area (Å²) in [7, 11) is 0. The molecule has 140 valence electrons. The number of pyridine rings is 1. The highest BCUT2D eigenvalue weighted by atomic mass is 35.5. The van der Waals surface area contributed by atoms with Crippen molar-refractivity contribution in [2.75, 3.05) is 16.8 Å². The molecule has 1 N–H and O–H groups in total. The quantitative estimate of drug-likeness (QED) is 0.715. The second-order valence-electron chi connectivity index (χ2n) is 6.68. The van der Waals surface area contributed by atoms with E-state index in [2.05, 4.69) is 10.3 Å². The summed E-state index contributed by atoms with van der Waals surface area (Å²) in [5.41, 5.74) is 4.18. The summed E-state index contributed by atoms with van der Waals surface area (Å²) in [4.78, 5) is 31.5. The lowest BCUT2D eigenvalue weighted by Crippen LogP contribution is -2.30. The highest BCUT2D eigenvalue weighted by molar-refractivity contribution is 6.31. The standard InChI is InChI=1S/C22H18ClN3O2/c1-14-6-7-17(23)13-18(14)25-21(27)16-8-10-24-19(12-16)22(28)26-11-9-15-4-2-3-5-20(15)26/h2-8,10,12-13H,9,11H2,1H3,(H,25,27). The molecular weight excluding hydrogens is 374 g/mol. The van der Waals surface area contributed by atoms with Crippen molar-refractivity contribution in [2.24, 2.45) is 0 Å². The van der Waals surface area contributed by atoms with E-state index in [1.807, 2.05) is 37.3 Å². The Hall–Kier alpha value is -3.18. The number of anilines is 2. The molecule has 1 aliphatic rings. The van der Waals surface area contributed by atoms with Crippen LogP contribution in [0, 0.1) is 6.92 Å². The fourth-order valence-corrected chi connectivity index (χ4v) is 3.47. The maximum atomic E-state index is 13.0. The number of carbonyl (C=O) groups is 2. The van der Waals surface area contributed by atoms with Crippen molar-refractivity contribution in [3.63, 3.8) is 0 Å². The summed E-state index contributed by atoms with van der Waals surface area (Å²) >= 11 is 6.02. The molecule has 1 aromatic heterocycles. The molecule has 3 aromatic rings. The van der Waals surface area contributed by atoms with E-state index in [0.29, 0.717) is 22.8 Å². The fraction of sp³-hybridized carbons (Fsp3) is 0.136. The Morgan fingerprint density at radius 1 is 1.11 bits per heavy atom. The predicted octanol–water partition coefficient (Wildman–Crippen LogP) is 4.50. The number of amides is 2. The van der Waals surface area contributed by atoms with Crippen LogP contribution in [0.3, 0.4) is 0 Å². The van der Waals surface area contributed by atoms with E-state index in [0.717, 1.165) is 23.2 Å². The van der Waals surface area contributed by atoms with Crippen molar-refractivity contribution in [1.29, 1.82) is 0 Å². The van der Waals surface area contributed by atoms with E-state index in [-0.39, 0.29) is 17.5 Å². The van der Waals surface area contributed by atoms with Crippen LogP contribution in [0.15, 0.2) is 60.8 Å². The van der Waals surface area contributed by atoms with Crippen molar-refractivity contribution in [3.8, 4) is 0 Å². The van der Waals surface area contributed by atoms with Crippen LogP contribution in [-0.4, -0.2) is 23.3 Å². The molecule has 28 heavy (non-hydrogen) atoms. The SMILES string of the molecule is Cc1ccc(Cl)cc1NC(=O)c1ccnc(C(=O)N2CCc3ccccc32)c1. The van der Waals surface area contributed by atoms with Gasteiger partial charge in [-0.05, 0) is 54.8 Å². The Kier molecular flexibility index (Phi) is 4.84. The molecule has 2 amide bonds. The van der Waals surface area contributed by atoms with Gasteiger partial charge in [-0.1, -0.05) is 35.9 Å². The van der Waals surface area contributed by atoms with Gasteiger partial charge in [-0.15, -0.1) is 0 Å². The molecule has 0 bridgehead atoms. The monoisotopic (exact) mass is 391 g/mol. The molecular formula is C22H18ClN3O2. The van der Waals surface area contributed by atoms with Crippen LogP contribution in [0.1, 0.15) is 32.0 Å². The van der Waals surface area contributed by atoms with Crippen molar-refractivity contribution in [2.45, 2.75) is 13.3 Å². The van der Waals surface area contributed by atoms with Crippen LogP contribution in [0.5, 0.6) is 0 Å². The van der Waals surface area contributed by atoms with Gasteiger partial charge in [0.25, 0.3) is 11.8 Å². The summed E-state index contributed by atoms with van der Waals surface area (Å²) < 4.78 is 0. The lowest BCUT2D eigenvalue weighted by atomic mass is 10.1. The van der Waals surface area contributed by atoms with E-state index < -0.39 is 0 Å². The number of halogens is 1. The first-order valence-electron chi connectivity index (χ1n) is 8.96. The van der Waals surface area contributed by atoms with Crippen LogP contribution >= 0.6 is 11.6 Å². The predicted molar refractivity (Wildman–Crippen MR) is 110 cm³/mol. The van der Waals surface area contributed by atoms with Crippen LogP contribution in [0.2, 0.25) is 5.02 Å². The van der Waals surface area contributed by atoms with E-state index in [4.69, 9.17) is 11.6 Å². The van der Waals surface area contributed by atoms with E-state index in [9.17, 15) is 9.59 Å². The number of carbonyl (C=O) groups excluding carboxylic acids is 2. The van der Waals surface area contributed by atoms with Crippen LogP contribution in [0.4, 0.5) is 11.4 Å². The number of aryl methyl sites for hydroxylation is 1. The zero-order valence-corrected chi connectivity index (χ0v) is 16.0. The fourth-order valence-electron chi connectivity index (χ4n) is 3.30. The minimum Gasteiger partial charge on any atom is -0.322 e. The number of aromatic nitrogens is 1. The number of para-hydroxylation sites is 1. The summed E-state index contributed by atoms with van der Waals surface area (Å²) in [6.45, 7) is 2.50. The molecule has 0 aliphatic carbocycles. The summed E-state index contributed by atoms with van der Waals surface area (Å²) in [5, 5.41) is 3.38. The van der Waals surface area contributed by atoms with Gasteiger partial charge in [0.15, 0.2) is 0 Å². The Labute approximate surface area is 168 Å². The van der Waals surface area contributed by atoms with Gasteiger partial charge < -0.3 is 10.2 Å². The van der Waals surface area contributed by atoms with Crippen molar-refractivity contribution >= 4 is 34.8 Å². The van der Waals surface area contributed by atoms with Gasteiger partial charge in [-0.2, -0.15) is 0 Å². The van der Waals surface area contributed by atoms with Crippen LogP contribution in [-0.2, 0) is 6.42 Å². The molecule has 2 aromatic carbocycles. The summed E-state index contributed by atoms with van der Waals surface area (Å²) in [5.74, 6) is -0.526. The number of rotatable bonds is 3. The van der Waals surface area contributed by atoms with Crippen molar-refractivity contribution in [3.05, 3.63) is 88.2 Å². The Bertz CT molecular complexity index is 1080. The van der Waals surface area contributed by atoms with Crippen LogP contribution < -0.4 is 10.2 Å². The minimum absolute atomic E-state index is 0.210. The van der Waals surface area contributed by atoms with E-state index in [1.54, 1.807) is 23.1 Å². The lowest BCUT2D eigenvalue weighted by Gasteiger charge is -2.17. The second kappa shape index (κ2) is 7.44. The van der Waals surface area contributed by atoms with Gasteiger partial charge >= 0.3 is 0 Å². The van der Waals surface area contributed by atoms with Crippen molar-refractivity contribution in [1.82, 2.24) is 4.98 Å². The zero-order chi connectivity index (χ0) is 19.7. The largest absolute Gasteiger partial charge is 0.322 e. The average Bonchev–Trinajstić information content (AvgIpc) is 3.14. The molecule has 5 nitrogen and oxygen atoms in total. The van der Waals surface area contributed by atoms with E-state index >= 15 is 0 Å². The van der Waals surface area contributed by atoms with Gasteiger partial charge in [-0.25, -0.2) is 0 Å². The highest BCUT2D eigenvalue weighted by Crippen LogP contribution is 2.28. The van der Waals surface area contributed by atoms with Gasteiger partial charge in [0.2, 0.25) is 0 Å². The third-order valence-electron chi connectivity index (χ3n) is 4.82. The molecule has 0 saturated heterocycles. The molecule has 0 radical (unpaired) electrons. The third kappa shape index (κ3) is 3.49. The molecule has 0 fully saturated rings. The molecule has 6 heteroatoms. The lowest BCUT2D eigenvalue weighted by molar-refractivity contribution is 0.0984. The van der Waals surface area contributed by atoms with Gasteiger partial charge in [0.1, 0.15) is 5.69 Å². The zero-order valence-electron chi connectivity index (χ0n) is 15.3. The first-order chi connectivity index (χ1) is 13.5. The van der Waals surface area contributed by atoms with Gasteiger partial charge in [0.05, 0.1) is 0 Å². The average molecular weight is 392 g/mol. The number of benzene rings is 2.